The molecule has 2 heterocycles. The van der Waals surface area contributed by atoms with E-state index < -0.39 is 0 Å². The van der Waals surface area contributed by atoms with E-state index in [1.807, 2.05) is 97.9 Å². The summed E-state index contributed by atoms with van der Waals surface area (Å²) in [6.07, 6.45) is 0. The van der Waals surface area contributed by atoms with Crippen molar-refractivity contribution in [1.82, 2.24) is 29.9 Å². The van der Waals surface area contributed by atoms with Crippen LogP contribution in [0.2, 0.25) is 0 Å². The van der Waals surface area contributed by atoms with E-state index in [9.17, 15) is 0 Å². The molecule has 0 radical (unpaired) electrons. The van der Waals surface area contributed by atoms with Gasteiger partial charge in [0.05, 0.1) is 0 Å². The van der Waals surface area contributed by atoms with E-state index in [-0.39, 0.29) is 0 Å². The summed E-state index contributed by atoms with van der Waals surface area (Å²) in [5.41, 5.74) is 14.1. The van der Waals surface area contributed by atoms with Crippen molar-refractivity contribution < 1.29 is 0 Å². The Hall–Kier alpha value is -9.26. The van der Waals surface area contributed by atoms with Gasteiger partial charge in [-0.3, -0.25) is 0 Å². The highest BCUT2D eigenvalue weighted by atomic mass is 15.0. The first-order valence-electron chi connectivity index (χ1n) is 23.1. The van der Waals surface area contributed by atoms with Crippen molar-refractivity contribution in [3.05, 3.63) is 242 Å². The molecule has 6 nitrogen and oxygen atoms in total. The van der Waals surface area contributed by atoms with Crippen molar-refractivity contribution in [2.24, 2.45) is 0 Å². The Bertz CT molecular complexity index is 3670. The molecule has 0 atom stereocenters. The molecule has 0 aliphatic carbocycles. The second-order valence-corrected chi connectivity index (χ2v) is 17.1. The zero-order valence-electron chi connectivity index (χ0n) is 37.7. The standard InChI is InChI=1S/C63H42N6/c1-41-64-59(48-15-5-2-6-16-48)66-60(65-41)51-37-29-44(30-38-51)42-25-33-46(34-26-42)57-53-21-11-13-23-55(53)58(56-24-14-12-22-54(56)57)47-35-27-43(28-36-47)45-31-39-52(40-32-45)63-68-61(49-17-7-3-8-18-49)67-62(69-63)50-19-9-4-10-20-50/h2-40H,1H3. The number of fused-ring (bicyclic) bond motifs is 2. The third kappa shape index (κ3) is 8.11. The fraction of sp³-hybridized carbons (Fsp3) is 0.0159. The summed E-state index contributed by atoms with van der Waals surface area (Å²) < 4.78 is 0. The maximum absolute atomic E-state index is 4.93. The van der Waals surface area contributed by atoms with Crippen molar-refractivity contribution in [3.63, 3.8) is 0 Å². The van der Waals surface area contributed by atoms with Gasteiger partial charge in [0, 0.05) is 27.8 Å². The van der Waals surface area contributed by atoms with Crippen LogP contribution in [0.1, 0.15) is 5.82 Å². The number of rotatable bonds is 9. The van der Waals surface area contributed by atoms with Gasteiger partial charge in [-0.05, 0) is 73.0 Å². The summed E-state index contributed by atoms with van der Waals surface area (Å²) in [5.74, 6) is 3.97. The molecule has 0 saturated heterocycles. The van der Waals surface area contributed by atoms with Gasteiger partial charge in [-0.1, -0.05) is 237 Å². The van der Waals surface area contributed by atoms with E-state index in [0.717, 1.165) is 50.1 Å². The van der Waals surface area contributed by atoms with Gasteiger partial charge in [0.2, 0.25) is 0 Å². The maximum Gasteiger partial charge on any atom is 0.164 e. The minimum atomic E-state index is 0.638. The van der Waals surface area contributed by atoms with Gasteiger partial charge in [0.1, 0.15) is 5.82 Å². The molecule has 0 aliphatic rings. The van der Waals surface area contributed by atoms with Crippen LogP contribution in [0, 0.1) is 6.92 Å². The molecular formula is C63H42N6. The number of aryl methyl sites for hydroxylation is 1. The van der Waals surface area contributed by atoms with Crippen molar-refractivity contribution in [2.75, 3.05) is 0 Å². The molecule has 6 heteroatoms. The first kappa shape index (κ1) is 41.2. The Labute approximate surface area is 400 Å². The molecule has 0 fully saturated rings. The van der Waals surface area contributed by atoms with Crippen LogP contribution in [0.3, 0.4) is 0 Å². The second-order valence-electron chi connectivity index (χ2n) is 17.1. The molecule has 10 aromatic carbocycles. The van der Waals surface area contributed by atoms with Crippen LogP contribution in [0.5, 0.6) is 0 Å². The van der Waals surface area contributed by atoms with E-state index in [0.29, 0.717) is 34.9 Å². The minimum Gasteiger partial charge on any atom is -0.213 e. The smallest absolute Gasteiger partial charge is 0.164 e. The lowest BCUT2D eigenvalue weighted by atomic mass is 9.85. The number of nitrogens with zero attached hydrogens (tertiary/aromatic N) is 6. The lowest BCUT2D eigenvalue weighted by Crippen LogP contribution is -2.00. The SMILES string of the molecule is Cc1nc(-c2ccccc2)nc(-c2ccc(-c3ccc(-c4c5ccccc5c(-c5ccc(-c6ccc(-c7nc(-c8ccccc8)nc(-c8ccccc8)n7)cc6)cc5)c5ccccc45)cc3)cc2)n1. The monoisotopic (exact) mass is 882 g/mol. The highest BCUT2D eigenvalue weighted by Gasteiger charge is 2.18. The van der Waals surface area contributed by atoms with Gasteiger partial charge in [0.15, 0.2) is 29.1 Å². The number of hydrogen-bond donors (Lipinski definition) is 0. The average molecular weight is 883 g/mol. The van der Waals surface area contributed by atoms with Gasteiger partial charge >= 0.3 is 0 Å². The number of aromatic nitrogens is 6. The number of benzene rings is 10. The van der Waals surface area contributed by atoms with E-state index in [1.54, 1.807) is 0 Å². The average Bonchev–Trinajstić information content (AvgIpc) is 3.43. The Morgan fingerprint density at radius 3 is 0.667 bits per heavy atom. The summed E-state index contributed by atoms with van der Waals surface area (Å²) in [6.45, 7) is 1.91. The summed E-state index contributed by atoms with van der Waals surface area (Å²) in [4.78, 5) is 28.8. The van der Waals surface area contributed by atoms with Crippen LogP contribution in [0.4, 0.5) is 0 Å². The molecule has 12 rings (SSSR count). The Morgan fingerprint density at radius 1 is 0.188 bits per heavy atom. The molecule has 0 amide bonds. The molecular weight excluding hydrogens is 841 g/mol. The summed E-state index contributed by atoms with van der Waals surface area (Å²) in [7, 11) is 0. The zero-order valence-corrected chi connectivity index (χ0v) is 37.7. The first-order chi connectivity index (χ1) is 34.1. The van der Waals surface area contributed by atoms with E-state index in [2.05, 4.69) is 156 Å². The molecule has 0 N–H and O–H groups in total. The molecule has 0 aliphatic heterocycles. The topological polar surface area (TPSA) is 77.3 Å². The molecule has 0 bridgehead atoms. The summed E-state index contributed by atoms with van der Waals surface area (Å²) >= 11 is 0. The minimum absolute atomic E-state index is 0.638. The van der Waals surface area contributed by atoms with Crippen LogP contribution < -0.4 is 0 Å². The number of hydrogen-bond acceptors (Lipinski definition) is 6. The molecule has 324 valence electrons. The van der Waals surface area contributed by atoms with Crippen LogP contribution in [0.15, 0.2) is 237 Å². The van der Waals surface area contributed by atoms with Gasteiger partial charge < -0.3 is 0 Å². The molecule has 0 spiro atoms. The molecule has 0 unspecified atom stereocenters. The molecule has 2 aromatic heterocycles. The predicted molar refractivity (Wildman–Crippen MR) is 282 cm³/mol. The summed E-state index contributed by atoms with van der Waals surface area (Å²) in [6, 6.07) is 82.7. The highest BCUT2D eigenvalue weighted by molar-refractivity contribution is 6.21. The van der Waals surface area contributed by atoms with Gasteiger partial charge in [-0.15, -0.1) is 0 Å². The van der Waals surface area contributed by atoms with Crippen LogP contribution in [0.25, 0.3) is 123 Å². The second kappa shape index (κ2) is 17.9. The molecule has 69 heavy (non-hydrogen) atoms. The Kier molecular flexibility index (Phi) is 10.7. The lowest BCUT2D eigenvalue weighted by Gasteiger charge is -2.18. The van der Waals surface area contributed by atoms with Gasteiger partial charge in [-0.2, -0.15) is 0 Å². The quantitative estimate of drug-likeness (QED) is 0.134. The van der Waals surface area contributed by atoms with E-state index in [4.69, 9.17) is 19.9 Å². The van der Waals surface area contributed by atoms with E-state index in [1.165, 1.54) is 43.8 Å². The largest absolute Gasteiger partial charge is 0.213 e. The van der Waals surface area contributed by atoms with Crippen molar-refractivity contribution in [1.29, 1.82) is 0 Å². The predicted octanol–water partition coefficient (Wildman–Crippen LogP) is 15.7. The van der Waals surface area contributed by atoms with Crippen molar-refractivity contribution in [2.45, 2.75) is 6.92 Å². The van der Waals surface area contributed by atoms with Gasteiger partial charge in [0.25, 0.3) is 0 Å². The van der Waals surface area contributed by atoms with Crippen molar-refractivity contribution in [3.8, 4) is 101 Å². The zero-order chi connectivity index (χ0) is 46.1. The summed E-state index contributed by atoms with van der Waals surface area (Å²) in [5, 5.41) is 4.87. The first-order valence-corrected chi connectivity index (χ1v) is 23.1. The Morgan fingerprint density at radius 2 is 0.391 bits per heavy atom. The van der Waals surface area contributed by atoms with Crippen LogP contribution in [-0.2, 0) is 0 Å². The van der Waals surface area contributed by atoms with Crippen LogP contribution in [-0.4, -0.2) is 29.9 Å². The fourth-order valence-electron chi connectivity index (χ4n) is 9.30. The molecule has 0 saturated carbocycles. The van der Waals surface area contributed by atoms with Crippen LogP contribution >= 0.6 is 0 Å². The lowest BCUT2D eigenvalue weighted by molar-refractivity contribution is 0.992. The molecule has 12 aromatic rings. The third-order valence-electron chi connectivity index (χ3n) is 12.7. The van der Waals surface area contributed by atoms with Crippen molar-refractivity contribution >= 4 is 21.5 Å². The fourth-order valence-corrected chi connectivity index (χ4v) is 9.30. The van der Waals surface area contributed by atoms with Gasteiger partial charge in [-0.25, -0.2) is 29.9 Å². The third-order valence-corrected chi connectivity index (χ3v) is 12.7. The normalized spacial score (nSPS) is 11.3. The maximum atomic E-state index is 4.93. The Balaban J connectivity index is 0.840. The highest BCUT2D eigenvalue weighted by Crippen LogP contribution is 2.44. The van der Waals surface area contributed by atoms with E-state index >= 15 is 0 Å².